The Morgan fingerprint density at radius 2 is 2.00 bits per heavy atom. The van der Waals surface area contributed by atoms with Crippen molar-refractivity contribution >= 4 is 0 Å². The summed E-state index contributed by atoms with van der Waals surface area (Å²) in [4.78, 5) is 0. The van der Waals surface area contributed by atoms with Crippen LogP contribution in [-0.4, -0.2) is 20.6 Å². The second-order valence-corrected chi connectivity index (χ2v) is 3.63. The average Bonchev–Trinajstić information content (AvgIpc) is 2.37. The van der Waals surface area contributed by atoms with Crippen molar-refractivity contribution in [3.8, 4) is 0 Å². The van der Waals surface area contributed by atoms with Crippen LogP contribution in [0.1, 0.15) is 33.5 Å². The van der Waals surface area contributed by atoms with Crippen LogP contribution in [0.5, 0.6) is 0 Å². The molecule has 0 fully saturated rings. The minimum Gasteiger partial charge on any atom is -0.242 e. The van der Waals surface area contributed by atoms with Crippen LogP contribution in [0.25, 0.3) is 0 Å². The van der Waals surface area contributed by atoms with Crippen LogP contribution >= 0.6 is 0 Å². The Hall–Kier alpha value is -0.930. The number of rotatable bonds is 2. The summed E-state index contributed by atoms with van der Waals surface area (Å²) in [7, 11) is 0. The number of hydrogen-bond donors (Lipinski definition) is 1. The van der Waals surface area contributed by atoms with Gasteiger partial charge in [0.1, 0.15) is 0 Å². The Morgan fingerprint density at radius 1 is 1.36 bits per heavy atom. The van der Waals surface area contributed by atoms with Gasteiger partial charge in [-0.2, -0.15) is 0 Å². The average molecular weight is 154 g/mol. The summed E-state index contributed by atoms with van der Waals surface area (Å²) in [5.41, 5.74) is 0.0312. The fourth-order valence-corrected chi connectivity index (χ4v) is 0.706. The fraction of sp³-hybridized carbons (Fsp3) is 0.857. The Labute approximate surface area is 66.4 Å². The highest BCUT2D eigenvalue weighted by molar-refractivity contribution is 5.00. The first-order chi connectivity index (χ1) is 5.05. The van der Waals surface area contributed by atoms with Gasteiger partial charge in [0, 0.05) is 5.41 Å². The molecule has 0 aliphatic carbocycles. The van der Waals surface area contributed by atoms with Crippen molar-refractivity contribution in [3.05, 3.63) is 5.82 Å². The van der Waals surface area contributed by atoms with Crippen molar-refractivity contribution in [1.82, 2.24) is 20.6 Å². The largest absolute Gasteiger partial charge is 0.242 e. The summed E-state index contributed by atoms with van der Waals surface area (Å²) in [6.45, 7) is 8.56. The number of nitrogens with zero attached hydrogens (tertiary/aromatic N) is 3. The van der Waals surface area contributed by atoms with Crippen LogP contribution in [0.3, 0.4) is 0 Å². The number of hydrogen-bond acceptors (Lipinski definition) is 3. The lowest BCUT2D eigenvalue weighted by Gasteiger charge is -2.25. The van der Waals surface area contributed by atoms with Gasteiger partial charge >= 0.3 is 0 Å². The van der Waals surface area contributed by atoms with Gasteiger partial charge in [-0.1, -0.05) is 27.7 Å². The van der Waals surface area contributed by atoms with E-state index in [2.05, 4.69) is 48.3 Å². The lowest BCUT2D eigenvalue weighted by molar-refractivity contribution is 0.352. The van der Waals surface area contributed by atoms with Gasteiger partial charge in [-0.25, -0.2) is 5.10 Å². The molecule has 0 amide bonds. The minimum absolute atomic E-state index is 0.0312. The van der Waals surface area contributed by atoms with Crippen molar-refractivity contribution in [2.24, 2.45) is 5.92 Å². The van der Waals surface area contributed by atoms with Crippen molar-refractivity contribution in [1.29, 1.82) is 0 Å². The van der Waals surface area contributed by atoms with E-state index in [1.807, 2.05) is 0 Å². The Kier molecular flexibility index (Phi) is 1.93. The topological polar surface area (TPSA) is 54.5 Å². The van der Waals surface area contributed by atoms with E-state index in [0.29, 0.717) is 5.92 Å². The number of aromatic nitrogens is 4. The number of aromatic amines is 1. The zero-order chi connectivity index (χ0) is 8.48. The van der Waals surface area contributed by atoms with Gasteiger partial charge in [0.15, 0.2) is 5.82 Å². The summed E-state index contributed by atoms with van der Waals surface area (Å²) in [5, 5.41) is 13.8. The van der Waals surface area contributed by atoms with E-state index in [-0.39, 0.29) is 5.41 Å². The molecule has 0 unspecified atom stereocenters. The van der Waals surface area contributed by atoms with Crippen LogP contribution in [0, 0.1) is 5.92 Å². The van der Waals surface area contributed by atoms with Crippen LogP contribution < -0.4 is 0 Å². The third-order valence-corrected chi connectivity index (χ3v) is 2.40. The first-order valence-electron chi connectivity index (χ1n) is 3.79. The lowest BCUT2D eigenvalue weighted by atomic mass is 9.81. The molecule has 0 bridgehead atoms. The zero-order valence-corrected chi connectivity index (χ0v) is 7.42. The molecule has 1 rings (SSSR count). The highest BCUT2D eigenvalue weighted by atomic mass is 15.5. The van der Waals surface area contributed by atoms with E-state index in [0.717, 1.165) is 5.82 Å². The normalized spacial score (nSPS) is 12.5. The van der Waals surface area contributed by atoms with E-state index in [1.165, 1.54) is 0 Å². The molecule has 1 aromatic rings. The maximum Gasteiger partial charge on any atom is 0.154 e. The Balaban J connectivity index is 2.90. The molecule has 1 aromatic heterocycles. The highest BCUT2D eigenvalue weighted by Crippen LogP contribution is 2.27. The van der Waals surface area contributed by atoms with E-state index in [4.69, 9.17) is 0 Å². The van der Waals surface area contributed by atoms with Crippen LogP contribution in [-0.2, 0) is 5.41 Å². The molecule has 0 spiro atoms. The molecule has 1 N–H and O–H groups in total. The number of nitrogens with one attached hydrogen (secondary N) is 1. The molecule has 0 saturated carbocycles. The van der Waals surface area contributed by atoms with Crippen LogP contribution in [0.4, 0.5) is 0 Å². The van der Waals surface area contributed by atoms with Crippen molar-refractivity contribution in [2.75, 3.05) is 0 Å². The maximum absolute atomic E-state index is 3.89. The number of tetrazole rings is 1. The van der Waals surface area contributed by atoms with Gasteiger partial charge < -0.3 is 0 Å². The smallest absolute Gasteiger partial charge is 0.154 e. The van der Waals surface area contributed by atoms with Crippen molar-refractivity contribution < 1.29 is 0 Å². The molecule has 0 aliphatic rings. The second kappa shape index (κ2) is 2.60. The molecular weight excluding hydrogens is 140 g/mol. The zero-order valence-electron chi connectivity index (χ0n) is 7.42. The van der Waals surface area contributed by atoms with Crippen molar-refractivity contribution in [3.63, 3.8) is 0 Å². The van der Waals surface area contributed by atoms with Gasteiger partial charge in [-0.15, -0.1) is 5.10 Å². The summed E-state index contributed by atoms with van der Waals surface area (Å²) in [5.74, 6) is 1.38. The third-order valence-electron chi connectivity index (χ3n) is 2.40. The molecule has 0 aliphatic heterocycles. The maximum atomic E-state index is 3.89. The molecule has 1 heterocycles. The molecule has 0 radical (unpaired) electrons. The molecular formula is C7H14N4. The van der Waals surface area contributed by atoms with Crippen LogP contribution in [0.15, 0.2) is 0 Å². The van der Waals surface area contributed by atoms with Gasteiger partial charge in [0.05, 0.1) is 0 Å². The first kappa shape index (κ1) is 8.17. The standard InChI is InChI=1S/C7H14N4/c1-5(2)7(3,4)6-8-10-11-9-6/h5H,1-4H3,(H,8,9,10,11). The van der Waals surface area contributed by atoms with Crippen molar-refractivity contribution in [2.45, 2.75) is 33.1 Å². The molecule has 11 heavy (non-hydrogen) atoms. The Morgan fingerprint density at radius 3 is 2.36 bits per heavy atom. The lowest BCUT2D eigenvalue weighted by Crippen LogP contribution is -2.25. The number of H-pyrrole nitrogens is 1. The summed E-state index contributed by atoms with van der Waals surface area (Å²) in [6.07, 6.45) is 0. The molecule has 0 aromatic carbocycles. The first-order valence-corrected chi connectivity index (χ1v) is 3.79. The quantitative estimate of drug-likeness (QED) is 0.694. The van der Waals surface area contributed by atoms with E-state index < -0.39 is 0 Å². The van der Waals surface area contributed by atoms with E-state index in [9.17, 15) is 0 Å². The molecule has 4 nitrogen and oxygen atoms in total. The third kappa shape index (κ3) is 1.39. The SMILES string of the molecule is CC(C)C(C)(C)c1nnn[nH]1. The summed E-state index contributed by atoms with van der Waals surface area (Å²) < 4.78 is 0. The Bertz CT molecular complexity index is 212. The molecule has 62 valence electrons. The van der Waals surface area contributed by atoms with E-state index in [1.54, 1.807) is 0 Å². The minimum atomic E-state index is 0.0312. The molecule has 4 heteroatoms. The predicted octanol–water partition coefficient (Wildman–Crippen LogP) is 1.13. The van der Waals surface area contributed by atoms with Gasteiger partial charge in [0.2, 0.25) is 0 Å². The van der Waals surface area contributed by atoms with Gasteiger partial charge in [0.25, 0.3) is 0 Å². The second-order valence-electron chi connectivity index (χ2n) is 3.63. The van der Waals surface area contributed by atoms with Gasteiger partial charge in [-0.05, 0) is 16.3 Å². The summed E-state index contributed by atoms with van der Waals surface area (Å²) in [6, 6.07) is 0. The monoisotopic (exact) mass is 154 g/mol. The summed E-state index contributed by atoms with van der Waals surface area (Å²) >= 11 is 0. The highest BCUT2D eigenvalue weighted by Gasteiger charge is 2.28. The molecule has 0 atom stereocenters. The van der Waals surface area contributed by atoms with Crippen LogP contribution in [0.2, 0.25) is 0 Å². The predicted molar refractivity (Wildman–Crippen MR) is 42.0 cm³/mol. The van der Waals surface area contributed by atoms with Gasteiger partial charge in [-0.3, -0.25) is 0 Å². The van der Waals surface area contributed by atoms with E-state index >= 15 is 0 Å². The fourth-order valence-electron chi connectivity index (χ4n) is 0.706. The molecule has 0 saturated heterocycles.